The summed E-state index contributed by atoms with van der Waals surface area (Å²) in [6, 6.07) is 4.18. The van der Waals surface area contributed by atoms with Crippen molar-refractivity contribution in [3.63, 3.8) is 0 Å². The van der Waals surface area contributed by atoms with E-state index in [2.05, 4.69) is 34.6 Å². The van der Waals surface area contributed by atoms with Gasteiger partial charge in [0.2, 0.25) is 5.91 Å². The molecule has 4 nitrogen and oxygen atoms in total. The van der Waals surface area contributed by atoms with E-state index in [1.54, 1.807) is 0 Å². The number of hydrogen-bond acceptors (Lipinski definition) is 2. The molecule has 2 rings (SSSR count). The first kappa shape index (κ1) is 15.3. The Morgan fingerprint density at radius 2 is 1.76 bits per heavy atom. The molecule has 0 aliphatic heterocycles. The molecule has 21 heavy (non-hydrogen) atoms. The van der Waals surface area contributed by atoms with Gasteiger partial charge in [-0.1, -0.05) is 17.7 Å². The van der Waals surface area contributed by atoms with Crippen LogP contribution >= 0.6 is 0 Å². The van der Waals surface area contributed by atoms with E-state index in [1.807, 2.05) is 27.7 Å². The number of amides is 1. The normalized spacial score (nSPS) is 10.7. The first-order valence-corrected chi connectivity index (χ1v) is 7.26. The fraction of sp³-hybridized carbons (Fsp3) is 0.412. The second-order valence-corrected chi connectivity index (χ2v) is 5.73. The molecule has 0 bridgehead atoms. The van der Waals surface area contributed by atoms with Gasteiger partial charge in [-0.05, 0) is 57.7 Å². The monoisotopic (exact) mass is 285 g/mol. The quantitative estimate of drug-likeness (QED) is 0.903. The number of benzene rings is 1. The third kappa shape index (κ3) is 3.51. The van der Waals surface area contributed by atoms with Gasteiger partial charge in [-0.25, -0.2) is 0 Å². The van der Waals surface area contributed by atoms with Gasteiger partial charge in [-0.2, -0.15) is 5.10 Å². The summed E-state index contributed by atoms with van der Waals surface area (Å²) in [5.74, 6) is 0.0463. The number of anilines is 1. The van der Waals surface area contributed by atoms with Crippen molar-refractivity contribution in [2.45, 2.75) is 47.5 Å². The van der Waals surface area contributed by atoms with Crippen molar-refractivity contribution >= 4 is 11.6 Å². The van der Waals surface area contributed by atoms with Crippen LogP contribution in [0.5, 0.6) is 0 Å². The van der Waals surface area contributed by atoms with Crippen molar-refractivity contribution < 1.29 is 4.79 Å². The highest BCUT2D eigenvalue weighted by Crippen LogP contribution is 2.22. The Morgan fingerprint density at radius 3 is 2.29 bits per heavy atom. The molecule has 0 fully saturated rings. The molecule has 1 aromatic carbocycles. The Bertz CT molecular complexity index is 628. The largest absolute Gasteiger partial charge is 0.326 e. The Kier molecular flexibility index (Phi) is 4.46. The molecule has 1 amide bonds. The number of carbonyl (C=O) groups excluding carboxylic acids is 1. The van der Waals surface area contributed by atoms with Crippen molar-refractivity contribution in [2.75, 3.05) is 5.32 Å². The fourth-order valence-electron chi connectivity index (χ4n) is 2.76. The van der Waals surface area contributed by atoms with Crippen molar-refractivity contribution in [2.24, 2.45) is 0 Å². The van der Waals surface area contributed by atoms with Gasteiger partial charge in [0.05, 0.1) is 5.69 Å². The summed E-state index contributed by atoms with van der Waals surface area (Å²) in [4.78, 5) is 12.2. The average Bonchev–Trinajstić information content (AvgIpc) is 2.71. The Morgan fingerprint density at radius 1 is 1.14 bits per heavy atom. The van der Waals surface area contributed by atoms with E-state index in [9.17, 15) is 4.79 Å². The van der Waals surface area contributed by atoms with Gasteiger partial charge < -0.3 is 5.32 Å². The zero-order valence-corrected chi connectivity index (χ0v) is 13.4. The summed E-state index contributed by atoms with van der Waals surface area (Å²) in [5.41, 5.74) is 7.53. The highest BCUT2D eigenvalue weighted by atomic mass is 16.1. The molecule has 2 N–H and O–H groups in total. The standard InChI is InChI=1S/C17H23N3O/c1-10-8-11(2)17(12(3)9-10)18-16(21)7-6-15-13(4)19-20-14(15)5/h8-9H,6-7H2,1-5H3,(H,18,21)(H,19,20). The van der Waals surface area contributed by atoms with Crippen LogP contribution in [0.25, 0.3) is 0 Å². The molecule has 0 radical (unpaired) electrons. The lowest BCUT2D eigenvalue weighted by Crippen LogP contribution is -2.14. The average molecular weight is 285 g/mol. The van der Waals surface area contributed by atoms with Crippen molar-refractivity contribution in [3.05, 3.63) is 45.8 Å². The molecule has 4 heteroatoms. The third-order valence-electron chi connectivity index (χ3n) is 3.82. The predicted molar refractivity (Wildman–Crippen MR) is 85.7 cm³/mol. The van der Waals surface area contributed by atoms with Crippen molar-refractivity contribution in [1.29, 1.82) is 0 Å². The molecule has 0 aliphatic carbocycles. The van der Waals surface area contributed by atoms with E-state index in [0.29, 0.717) is 12.8 Å². The van der Waals surface area contributed by atoms with Crippen molar-refractivity contribution in [3.8, 4) is 0 Å². The van der Waals surface area contributed by atoms with Crippen LogP contribution < -0.4 is 5.32 Å². The molecule has 0 unspecified atom stereocenters. The Hall–Kier alpha value is -2.10. The maximum Gasteiger partial charge on any atom is 0.224 e. The maximum absolute atomic E-state index is 12.2. The van der Waals surface area contributed by atoms with Crippen LogP contribution in [0, 0.1) is 34.6 Å². The van der Waals surface area contributed by atoms with E-state index in [1.165, 1.54) is 5.56 Å². The van der Waals surface area contributed by atoms with E-state index in [-0.39, 0.29) is 5.91 Å². The third-order valence-corrected chi connectivity index (χ3v) is 3.82. The molecule has 0 aliphatic rings. The molecular formula is C17H23N3O. The van der Waals surface area contributed by atoms with E-state index < -0.39 is 0 Å². The number of nitrogens with zero attached hydrogens (tertiary/aromatic N) is 1. The van der Waals surface area contributed by atoms with Crippen LogP contribution in [-0.4, -0.2) is 16.1 Å². The van der Waals surface area contributed by atoms with Crippen LogP contribution in [-0.2, 0) is 11.2 Å². The maximum atomic E-state index is 12.2. The molecule has 112 valence electrons. The predicted octanol–water partition coefficient (Wildman–Crippen LogP) is 3.52. The van der Waals surface area contributed by atoms with Crippen LogP contribution in [0.3, 0.4) is 0 Å². The minimum absolute atomic E-state index is 0.0463. The molecule has 0 spiro atoms. The first-order valence-electron chi connectivity index (χ1n) is 7.26. The second-order valence-electron chi connectivity index (χ2n) is 5.73. The highest BCUT2D eigenvalue weighted by molar-refractivity contribution is 5.92. The molecule has 1 aromatic heterocycles. The number of aromatic amines is 1. The first-order chi connectivity index (χ1) is 9.88. The number of aromatic nitrogens is 2. The number of rotatable bonds is 4. The lowest BCUT2D eigenvalue weighted by molar-refractivity contribution is -0.116. The lowest BCUT2D eigenvalue weighted by atomic mass is 10.0. The van der Waals surface area contributed by atoms with Gasteiger partial charge in [-0.15, -0.1) is 0 Å². The number of hydrogen-bond donors (Lipinski definition) is 2. The summed E-state index contributed by atoms with van der Waals surface area (Å²) in [6.45, 7) is 10.1. The zero-order chi connectivity index (χ0) is 15.6. The zero-order valence-electron chi connectivity index (χ0n) is 13.4. The van der Waals surface area contributed by atoms with Crippen LogP contribution in [0.4, 0.5) is 5.69 Å². The smallest absolute Gasteiger partial charge is 0.224 e. The van der Waals surface area contributed by atoms with Gasteiger partial charge >= 0.3 is 0 Å². The Balaban J connectivity index is 2.03. The number of aryl methyl sites for hydroxylation is 5. The molecule has 2 aromatic rings. The van der Waals surface area contributed by atoms with Crippen LogP contribution in [0.15, 0.2) is 12.1 Å². The number of carbonyl (C=O) groups is 1. The van der Waals surface area contributed by atoms with Crippen LogP contribution in [0.2, 0.25) is 0 Å². The lowest BCUT2D eigenvalue weighted by Gasteiger charge is -2.13. The summed E-state index contributed by atoms with van der Waals surface area (Å²) in [6.07, 6.45) is 1.18. The van der Waals surface area contributed by atoms with Gasteiger partial charge in [0.15, 0.2) is 0 Å². The number of H-pyrrole nitrogens is 1. The van der Waals surface area contributed by atoms with Gasteiger partial charge in [0, 0.05) is 17.8 Å². The van der Waals surface area contributed by atoms with E-state index in [4.69, 9.17) is 0 Å². The SMILES string of the molecule is Cc1cc(C)c(NC(=O)CCc2c(C)n[nH]c2C)c(C)c1. The second kappa shape index (κ2) is 6.12. The highest BCUT2D eigenvalue weighted by Gasteiger charge is 2.11. The number of nitrogens with one attached hydrogen (secondary N) is 2. The minimum atomic E-state index is 0.0463. The summed E-state index contributed by atoms with van der Waals surface area (Å²) >= 11 is 0. The minimum Gasteiger partial charge on any atom is -0.326 e. The van der Waals surface area contributed by atoms with E-state index >= 15 is 0 Å². The summed E-state index contributed by atoms with van der Waals surface area (Å²) < 4.78 is 0. The summed E-state index contributed by atoms with van der Waals surface area (Å²) in [7, 11) is 0. The van der Waals surface area contributed by atoms with Crippen molar-refractivity contribution in [1.82, 2.24) is 10.2 Å². The molecule has 1 heterocycles. The van der Waals surface area contributed by atoms with Gasteiger partial charge in [0.25, 0.3) is 0 Å². The molecule has 0 saturated heterocycles. The topological polar surface area (TPSA) is 57.8 Å². The molecule has 0 atom stereocenters. The Labute approximate surface area is 126 Å². The van der Waals surface area contributed by atoms with Gasteiger partial charge in [0.1, 0.15) is 0 Å². The molecular weight excluding hydrogens is 262 g/mol. The van der Waals surface area contributed by atoms with Crippen LogP contribution in [0.1, 0.15) is 40.1 Å². The molecule has 0 saturated carbocycles. The van der Waals surface area contributed by atoms with Gasteiger partial charge in [-0.3, -0.25) is 9.89 Å². The summed E-state index contributed by atoms with van der Waals surface area (Å²) in [5, 5.41) is 10.1. The van der Waals surface area contributed by atoms with E-state index in [0.717, 1.165) is 33.8 Å². The fourth-order valence-corrected chi connectivity index (χ4v) is 2.76.